The van der Waals surface area contributed by atoms with Gasteiger partial charge in [-0.15, -0.1) is 11.3 Å². The Balaban J connectivity index is 1.97. The van der Waals surface area contributed by atoms with Crippen molar-refractivity contribution < 1.29 is 5.11 Å². The zero-order chi connectivity index (χ0) is 11.5. The molecule has 1 aliphatic carbocycles. The summed E-state index contributed by atoms with van der Waals surface area (Å²) in [4.78, 5) is 2.92. The number of aliphatic hydroxyl groups is 1. The van der Waals surface area contributed by atoms with Gasteiger partial charge in [-0.3, -0.25) is 0 Å². The largest absolute Gasteiger partial charge is 0.393 e. The zero-order valence-corrected chi connectivity index (χ0v) is 11.1. The third-order valence-electron chi connectivity index (χ3n) is 3.73. The Morgan fingerprint density at radius 2 is 2.06 bits per heavy atom. The molecule has 1 aromatic heterocycles. The van der Waals surface area contributed by atoms with Crippen LogP contribution in [0.15, 0.2) is 12.1 Å². The van der Waals surface area contributed by atoms with Gasteiger partial charge < -0.3 is 5.11 Å². The van der Waals surface area contributed by atoms with Gasteiger partial charge >= 0.3 is 0 Å². The van der Waals surface area contributed by atoms with E-state index in [1.54, 1.807) is 0 Å². The van der Waals surface area contributed by atoms with E-state index >= 15 is 0 Å². The van der Waals surface area contributed by atoms with Crippen LogP contribution in [0.25, 0.3) is 0 Å². The lowest BCUT2D eigenvalue weighted by atomic mass is 9.78. The van der Waals surface area contributed by atoms with Gasteiger partial charge in [-0.1, -0.05) is 13.8 Å². The van der Waals surface area contributed by atoms with Crippen molar-refractivity contribution in [3.8, 4) is 0 Å². The van der Waals surface area contributed by atoms with E-state index in [1.807, 2.05) is 11.3 Å². The number of hydrogen-bond donors (Lipinski definition) is 1. The number of hydrogen-bond acceptors (Lipinski definition) is 2. The molecule has 90 valence electrons. The Labute approximate surface area is 103 Å². The molecule has 0 radical (unpaired) electrons. The number of aliphatic hydroxyl groups excluding tert-OH is 1. The van der Waals surface area contributed by atoms with E-state index in [-0.39, 0.29) is 6.10 Å². The molecule has 1 fully saturated rings. The van der Waals surface area contributed by atoms with Crippen LogP contribution in [-0.4, -0.2) is 11.2 Å². The van der Waals surface area contributed by atoms with E-state index in [1.165, 1.54) is 22.6 Å². The fraction of sp³-hybridized carbons (Fsp3) is 0.714. The van der Waals surface area contributed by atoms with Gasteiger partial charge in [0.05, 0.1) is 6.10 Å². The van der Waals surface area contributed by atoms with E-state index in [4.69, 9.17) is 0 Å². The lowest BCUT2D eigenvalue weighted by Crippen LogP contribution is -2.29. The average molecular weight is 238 g/mol. The quantitative estimate of drug-likeness (QED) is 0.852. The molecule has 0 spiro atoms. The van der Waals surface area contributed by atoms with Crippen LogP contribution in [0.4, 0.5) is 0 Å². The van der Waals surface area contributed by atoms with Gasteiger partial charge in [0.15, 0.2) is 0 Å². The van der Waals surface area contributed by atoms with E-state index < -0.39 is 0 Å². The summed E-state index contributed by atoms with van der Waals surface area (Å²) < 4.78 is 0. The minimum Gasteiger partial charge on any atom is -0.393 e. The summed E-state index contributed by atoms with van der Waals surface area (Å²) >= 11 is 1.92. The zero-order valence-electron chi connectivity index (χ0n) is 10.3. The molecule has 2 heteroatoms. The first-order valence-corrected chi connectivity index (χ1v) is 7.26. The van der Waals surface area contributed by atoms with Gasteiger partial charge in [0.25, 0.3) is 0 Å². The Morgan fingerprint density at radius 3 is 2.75 bits per heavy atom. The molecule has 0 bridgehead atoms. The van der Waals surface area contributed by atoms with Crippen molar-refractivity contribution in [2.45, 2.75) is 52.1 Å². The van der Waals surface area contributed by atoms with Gasteiger partial charge in [0, 0.05) is 9.75 Å². The van der Waals surface area contributed by atoms with Crippen molar-refractivity contribution in [3.05, 3.63) is 21.9 Å². The fourth-order valence-corrected chi connectivity index (χ4v) is 3.73. The topological polar surface area (TPSA) is 20.2 Å². The third kappa shape index (κ3) is 2.86. The van der Waals surface area contributed by atoms with Crippen molar-refractivity contribution in [3.63, 3.8) is 0 Å². The van der Waals surface area contributed by atoms with E-state index in [2.05, 4.69) is 26.0 Å². The summed E-state index contributed by atoms with van der Waals surface area (Å²) in [6.07, 6.45) is 5.54. The standard InChI is InChI=1S/C14H22OS/c1-3-12-5-6-13(16-12)9-11-8-10(2)4-7-14(11)15/h5-6,10-11,14-15H,3-4,7-9H2,1-2H3. The van der Waals surface area contributed by atoms with Crippen LogP contribution in [0, 0.1) is 11.8 Å². The van der Waals surface area contributed by atoms with Crippen molar-refractivity contribution in [2.75, 3.05) is 0 Å². The summed E-state index contributed by atoms with van der Waals surface area (Å²) in [7, 11) is 0. The maximum absolute atomic E-state index is 10.0. The van der Waals surface area contributed by atoms with Crippen molar-refractivity contribution in [2.24, 2.45) is 11.8 Å². The minimum atomic E-state index is -0.0663. The van der Waals surface area contributed by atoms with Crippen molar-refractivity contribution >= 4 is 11.3 Å². The molecule has 1 nitrogen and oxygen atoms in total. The Bertz CT molecular complexity index is 331. The summed E-state index contributed by atoms with van der Waals surface area (Å²) in [6, 6.07) is 4.48. The molecule has 3 atom stereocenters. The highest BCUT2D eigenvalue weighted by Gasteiger charge is 2.27. The average Bonchev–Trinajstić information content (AvgIpc) is 2.71. The second kappa shape index (κ2) is 5.33. The number of aryl methyl sites for hydroxylation is 1. The molecule has 0 saturated heterocycles. The molecule has 3 unspecified atom stereocenters. The third-order valence-corrected chi connectivity index (χ3v) is 4.99. The lowest BCUT2D eigenvalue weighted by Gasteiger charge is -2.31. The molecule has 16 heavy (non-hydrogen) atoms. The van der Waals surface area contributed by atoms with Crippen LogP contribution in [0.2, 0.25) is 0 Å². The van der Waals surface area contributed by atoms with Crippen molar-refractivity contribution in [1.82, 2.24) is 0 Å². The lowest BCUT2D eigenvalue weighted by molar-refractivity contribution is 0.0523. The van der Waals surface area contributed by atoms with Gasteiger partial charge in [0.2, 0.25) is 0 Å². The summed E-state index contributed by atoms with van der Waals surface area (Å²) in [5.74, 6) is 1.28. The predicted molar refractivity (Wildman–Crippen MR) is 69.9 cm³/mol. The summed E-state index contributed by atoms with van der Waals surface area (Å²) in [5, 5.41) is 10.0. The molecule has 2 rings (SSSR count). The highest BCUT2D eigenvalue weighted by Crippen LogP contribution is 2.32. The van der Waals surface area contributed by atoms with Crippen LogP contribution in [0.1, 0.15) is 42.9 Å². The van der Waals surface area contributed by atoms with E-state index in [0.29, 0.717) is 5.92 Å². The first-order valence-electron chi connectivity index (χ1n) is 6.44. The van der Waals surface area contributed by atoms with Crippen LogP contribution in [0.3, 0.4) is 0 Å². The highest BCUT2D eigenvalue weighted by molar-refractivity contribution is 7.11. The van der Waals surface area contributed by atoms with Gasteiger partial charge in [-0.2, -0.15) is 0 Å². The molecular weight excluding hydrogens is 216 g/mol. The molecule has 0 aromatic carbocycles. The molecule has 1 aromatic rings. The maximum Gasteiger partial charge on any atom is 0.0572 e. The minimum absolute atomic E-state index is 0.0663. The van der Waals surface area contributed by atoms with E-state index in [9.17, 15) is 5.11 Å². The fourth-order valence-electron chi connectivity index (χ4n) is 2.68. The summed E-state index contributed by atoms with van der Waals surface area (Å²) in [6.45, 7) is 4.51. The number of rotatable bonds is 3. The van der Waals surface area contributed by atoms with Crippen LogP contribution in [-0.2, 0) is 12.8 Å². The first-order chi connectivity index (χ1) is 7.69. The summed E-state index contributed by atoms with van der Waals surface area (Å²) in [5.41, 5.74) is 0. The molecule has 1 heterocycles. The highest BCUT2D eigenvalue weighted by atomic mass is 32.1. The second-order valence-electron chi connectivity index (χ2n) is 5.17. The second-order valence-corrected chi connectivity index (χ2v) is 6.42. The monoisotopic (exact) mass is 238 g/mol. The van der Waals surface area contributed by atoms with Crippen LogP contribution in [0.5, 0.6) is 0 Å². The van der Waals surface area contributed by atoms with Gasteiger partial charge in [0.1, 0.15) is 0 Å². The Hall–Kier alpha value is -0.340. The molecule has 0 amide bonds. The maximum atomic E-state index is 10.0. The van der Waals surface area contributed by atoms with Crippen molar-refractivity contribution in [1.29, 1.82) is 0 Å². The van der Waals surface area contributed by atoms with Crippen LogP contribution >= 0.6 is 11.3 Å². The molecule has 1 N–H and O–H groups in total. The van der Waals surface area contributed by atoms with Crippen LogP contribution < -0.4 is 0 Å². The molecule has 1 saturated carbocycles. The number of thiophene rings is 1. The smallest absolute Gasteiger partial charge is 0.0572 e. The predicted octanol–water partition coefficient (Wildman–Crippen LogP) is 3.65. The Morgan fingerprint density at radius 1 is 1.31 bits per heavy atom. The molecule has 0 aliphatic heterocycles. The van der Waals surface area contributed by atoms with Gasteiger partial charge in [-0.25, -0.2) is 0 Å². The Kier molecular flexibility index (Phi) is 4.04. The molecule has 1 aliphatic rings. The molecular formula is C14H22OS. The van der Waals surface area contributed by atoms with Gasteiger partial charge in [-0.05, 0) is 56.1 Å². The van der Waals surface area contributed by atoms with E-state index in [0.717, 1.165) is 25.2 Å². The normalized spacial score (nSPS) is 30.6. The first kappa shape index (κ1) is 12.1. The SMILES string of the molecule is CCc1ccc(CC2CC(C)CCC2O)s1.